The Kier molecular flexibility index (Phi) is 5.35. The highest BCUT2D eigenvalue weighted by Gasteiger charge is 2.22. The number of nitrogens with zero attached hydrogens (tertiary/aromatic N) is 5. The van der Waals surface area contributed by atoms with Gasteiger partial charge < -0.3 is 4.57 Å². The second-order valence-corrected chi connectivity index (χ2v) is 12.2. The number of nitriles is 2. The number of rotatable bonds is 2. The molecule has 0 aliphatic heterocycles. The monoisotopic (exact) mass is 609 g/mol. The van der Waals surface area contributed by atoms with Crippen LogP contribution >= 0.6 is 0 Å². The lowest BCUT2D eigenvalue weighted by molar-refractivity contribution is 1.09. The Morgan fingerprint density at radius 1 is 0.438 bits per heavy atom. The molecule has 0 fully saturated rings. The third-order valence-corrected chi connectivity index (χ3v) is 9.77. The van der Waals surface area contributed by atoms with Gasteiger partial charge in [0.15, 0.2) is 5.82 Å². The third-order valence-electron chi connectivity index (χ3n) is 9.77. The second kappa shape index (κ2) is 9.77. The molecule has 0 saturated carbocycles. The largest absolute Gasteiger partial charge is 0.309 e. The van der Waals surface area contributed by atoms with Crippen molar-refractivity contribution in [3.05, 3.63) is 151 Å². The number of pyridine rings is 1. The highest BCUT2D eigenvalue weighted by Crippen LogP contribution is 2.41. The van der Waals surface area contributed by atoms with Crippen LogP contribution in [-0.4, -0.2) is 14.1 Å². The van der Waals surface area contributed by atoms with E-state index in [1.165, 1.54) is 32.6 Å². The molecule has 0 atom stereocenters. The molecule has 220 valence electrons. The summed E-state index contributed by atoms with van der Waals surface area (Å²) in [4.78, 5) is 4.99. The summed E-state index contributed by atoms with van der Waals surface area (Å²) in [5, 5.41) is 30.6. The van der Waals surface area contributed by atoms with Gasteiger partial charge in [-0.25, -0.2) is 4.98 Å². The van der Waals surface area contributed by atoms with Gasteiger partial charge in [0.1, 0.15) is 17.7 Å². The number of hydrogen-bond donors (Lipinski definition) is 0. The van der Waals surface area contributed by atoms with Crippen LogP contribution in [0.2, 0.25) is 0 Å². The molecule has 0 N–H and O–H groups in total. The number of benzene rings is 7. The summed E-state index contributed by atoms with van der Waals surface area (Å²) in [6.45, 7) is 0. The van der Waals surface area contributed by atoms with Gasteiger partial charge in [-0.3, -0.25) is 4.57 Å². The first-order valence-electron chi connectivity index (χ1n) is 15.9. The van der Waals surface area contributed by atoms with E-state index in [1.807, 2.05) is 41.0 Å². The van der Waals surface area contributed by atoms with Crippen LogP contribution in [0.25, 0.3) is 87.6 Å². The molecule has 0 aliphatic carbocycles. The molecule has 0 spiro atoms. The fourth-order valence-corrected chi connectivity index (χ4v) is 7.75. The lowest BCUT2D eigenvalue weighted by Crippen LogP contribution is -2.04. The van der Waals surface area contributed by atoms with E-state index in [9.17, 15) is 10.5 Å². The van der Waals surface area contributed by atoms with Gasteiger partial charge >= 0.3 is 0 Å². The van der Waals surface area contributed by atoms with E-state index in [0.29, 0.717) is 22.3 Å². The van der Waals surface area contributed by atoms with Crippen molar-refractivity contribution in [2.45, 2.75) is 0 Å². The molecule has 48 heavy (non-hydrogen) atoms. The van der Waals surface area contributed by atoms with Gasteiger partial charge in [-0.05, 0) is 64.0 Å². The standard InChI is InChI=1S/C43H23N5/c44-24-34-31-11-3-6-14-36(31)46-43(35(34)25-45)48-38-16-8-5-13-33(38)42-30-20-19-28(23-27(30)18-22-40(42)48)47-37-15-7-4-12-32(37)41-29-10-2-1-9-26(29)17-21-39(41)47/h1-23H. The van der Waals surface area contributed by atoms with E-state index in [0.717, 1.165) is 38.3 Å². The summed E-state index contributed by atoms with van der Waals surface area (Å²) in [5.74, 6) is 0.465. The van der Waals surface area contributed by atoms with E-state index >= 15 is 0 Å². The number of aromatic nitrogens is 3. The van der Waals surface area contributed by atoms with Crippen molar-refractivity contribution in [1.82, 2.24) is 14.1 Å². The predicted molar refractivity (Wildman–Crippen MR) is 195 cm³/mol. The van der Waals surface area contributed by atoms with E-state index < -0.39 is 0 Å². The molecule has 0 radical (unpaired) electrons. The second-order valence-electron chi connectivity index (χ2n) is 12.2. The Balaban J connectivity index is 1.27. The van der Waals surface area contributed by atoms with Crippen molar-refractivity contribution < 1.29 is 0 Å². The van der Waals surface area contributed by atoms with E-state index in [1.54, 1.807) is 0 Å². The van der Waals surface area contributed by atoms with Crippen molar-refractivity contribution in [2.75, 3.05) is 0 Å². The minimum absolute atomic E-state index is 0.271. The Labute approximate surface area is 274 Å². The molecule has 0 aliphatic rings. The van der Waals surface area contributed by atoms with Crippen LogP contribution in [0.3, 0.4) is 0 Å². The van der Waals surface area contributed by atoms with Crippen LogP contribution in [0.5, 0.6) is 0 Å². The zero-order valence-electron chi connectivity index (χ0n) is 25.5. The first-order valence-corrected chi connectivity index (χ1v) is 15.9. The first-order chi connectivity index (χ1) is 23.7. The summed E-state index contributed by atoms with van der Waals surface area (Å²) in [5.41, 5.74) is 6.59. The van der Waals surface area contributed by atoms with Crippen LogP contribution in [0.15, 0.2) is 140 Å². The van der Waals surface area contributed by atoms with Crippen LogP contribution in [0.1, 0.15) is 11.1 Å². The van der Waals surface area contributed by atoms with Gasteiger partial charge in [-0.2, -0.15) is 10.5 Å². The number of fused-ring (bicyclic) bond motifs is 11. The molecule has 10 rings (SSSR count). The Hall–Kier alpha value is -6.95. The summed E-state index contributed by atoms with van der Waals surface area (Å²) < 4.78 is 4.41. The molecule has 7 aromatic carbocycles. The van der Waals surface area contributed by atoms with E-state index in [-0.39, 0.29) is 5.56 Å². The Morgan fingerprint density at radius 2 is 1.00 bits per heavy atom. The topological polar surface area (TPSA) is 70.3 Å². The average molecular weight is 610 g/mol. The Morgan fingerprint density at radius 3 is 1.73 bits per heavy atom. The minimum atomic E-state index is 0.271. The van der Waals surface area contributed by atoms with Crippen molar-refractivity contribution in [2.24, 2.45) is 0 Å². The normalized spacial score (nSPS) is 11.7. The zero-order chi connectivity index (χ0) is 31.9. The van der Waals surface area contributed by atoms with Crippen LogP contribution in [0.4, 0.5) is 0 Å². The van der Waals surface area contributed by atoms with E-state index in [4.69, 9.17) is 4.98 Å². The van der Waals surface area contributed by atoms with Gasteiger partial charge in [0.05, 0.1) is 33.1 Å². The molecule has 0 saturated heterocycles. The molecular weight excluding hydrogens is 587 g/mol. The highest BCUT2D eigenvalue weighted by atomic mass is 15.1. The molecule has 0 amide bonds. The number of hydrogen-bond acceptors (Lipinski definition) is 3. The molecule has 3 heterocycles. The molecule has 5 heteroatoms. The van der Waals surface area contributed by atoms with Gasteiger partial charge in [-0.15, -0.1) is 0 Å². The average Bonchev–Trinajstić information content (AvgIpc) is 3.67. The lowest BCUT2D eigenvalue weighted by Gasteiger charge is -2.13. The minimum Gasteiger partial charge on any atom is -0.309 e. The van der Waals surface area contributed by atoms with Gasteiger partial charge in [0.25, 0.3) is 0 Å². The predicted octanol–water partition coefficient (Wildman–Crippen LogP) is 10.5. The summed E-state index contributed by atoms with van der Waals surface area (Å²) in [6.07, 6.45) is 0. The van der Waals surface area contributed by atoms with E-state index in [2.05, 4.69) is 120 Å². The van der Waals surface area contributed by atoms with Crippen LogP contribution in [0, 0.1) is 22.7 Å². The molecule has 5 nitrogen and oxygen atoms in total. The summed E-state index contributed by atoms with van der Waals surface area (Å²) >= 11 is 0. The zero-order valence-corrected chi connectivity index (χ0v) is 25.5. The quantitative estimate of drug-likeness (QED) is 0.196. The van der Waals surface area contributed by atoms with Crippen LogP contribution < -0.4 is 0 Å². The fraction of sp³-hybridized carbons (Fsp3) is 0. The summed E-state index contributed by atoms with van der Waals surface area (Å²) in [6, 6.07) is 53.0. The molecular formula is C43H23N5. The van der Waals surface area contributed by atoms with Gasteiger partial charge in [-0.1, -0.05) is 97.1 Å². The highest BCUT2D eigenvalue weighted by molar-refractivity contribution is 6.23. The SMILES string of the molecule is N#Cc1c(-n2c3ccccc3c3c4ccc(-n5c6ccccc6c6c7ccccc7ccc65)cc4ccc32)nc2ccccc2c1C#N. The van der Waals surface area contributed by atoms with Crippen molar-refractivity contribution in [1.29, 1.82) is 10.5 Å². The smallest absolute Gasteiger partial charge is 0.157 e. The maximum atomic E-state index is 10.4. The van der Waals surface area contributed by atoms with Crippen molar-refractivity contribution in [3.8, 4) is 23.6 Å². The van der Waals surface area contributed by atoms with Crippen LogP contribution in [-0.2, 0) is 0 Å². The van der Waals surface area contributed by atoms with Crippen molar-refractivity contribution in [3.63, 3.8) is 0 Å². The Bertz CT molecular complexity index is 3090. The van der Waals surface area contributed by atoms with Gasteiger partial charge in [0, 0.05) is 32.6 Å². The molecule has 0 bridgehead atoms. The number of para-hydroxylation sites is 3. The maximum Gasteiger partial charge on any atom is 0.157 e. The first kappa shape index (κ1) is 26.3. The molecule has 10 aromatic rings. The third kappa shape index (κ3) is 3.45. The maximum absolute atomic E-state index is 10.4. The summed E-state index contributed by atoms with van der Waals surface area (Å²) in [7, 11) is 0. The molecule has 0 unspecified atom stereocenters. The van der Waals surface area contributed by atoms with Gasteiger partial charge in [0.2, 0.25) is 0 Å². The molecule has 3 aromatic heterocycles. The lowest BCUT2D eigenvalue weighted by atomic mass is 10.0. The fourth-order valence-electron chi connectivity index (χ4n) is 7.75. The van der Waals surface area contributed by atoms with Crippen molar-refractivity contribution >= 4 is 76.1 Å².